The van der Waals surface area contributed by atoms with Gasteiger partial charge in [0.25, 0.3) is 11.8 Å². The number of hydrogen-bond acceptors (Lipinski definition) is 6. The van der Waals surface area contributed by atoms with Crippen LogP contribution in [0.1, 0.15) is 58.4 Å². The lowest BCUT2D eigenvalue weighted by atomic mass is 9.77. The van der Waals surface area contributed by atoms with Gasteiger partial charge < -0.3 is 25.4 Å². The summed E-state index contributed by atoms with van der Waals surface area (Å²) < 4.78 is 0. The minimum absolute atomic E-state index is 0.0223. The number of rotatable bonds is 4. The second-order valence-electron chi connectivity index (χ2n) is 11.3. The Morgan fingerprint density at radius 2 is 1.77 bits per heavy atom. The molecule has 1 aliphatic carbocycles. The molecule has 2 fully saturated rings. The number of nitrogens with zero attached hydrogens (tertiary/aromatic N) is 4. The molecule has 9 nitrogen and oxygen atoms in total. The smallest absolute Gasteiger partial charge is 0.257 e. The lowest BCUT2D eigenvalue weighted by molar-refractivity contribution is 0.0909. The number of anilines is 2. The summed E-state index contributed by atoms with van der Waals surface area (Å²) in [5.74, 6) is 0.710. The molecule has 3 aliphatic rings. The number of benzene rings is 1. The summed E-state index contributed by atoms with van der Waals surface area (Å²) in [6, 6.07) is 11.8. The number of nitrogens with one attached hydrogen (secondary N) is 3. The Bertz CT molecular complexity index is 1600. The number of H-pyrrole nitrogens is 1. The molecule has 0 unspecified atom stereocenters. The zero-order valence-electron chi connectivity index (χ0n) is 22.7. The van der Waals surface area contributed by atoms with E-state index in [-0.39, 0.29) is 17.4 Å². The van der Waals surface area contributed by atoms with Crippen LogP contribution < -0.4 is 15.5 Å². The average Bonchev–Trinajstić information content (AvgIpc) is 3.52. The normalized spacial score (nSPS) is 18.6. The Balaban J connectivity index is 1.14. The van der Waals surface area contributed by atoms with Crippen molar-refractivity contribution in [1.82, 2.24) is 25.2 Å². The summed E-state index contributed by atoms with van der Waals surface area (Å²) in [5.41, 5.74) is 5.41. The SMILES string of the molecule is CN1CCN(c2ccc(NC(=O)c3cnc4[nH]cc(-c5ccc6c(c5)C5(CCCCC5)NC6=O)c4c3)cn2)CC1. The fourth-order valence-corrected chi connectivity index (χ4v) is 6.46. The van der Waals surface area contributed by atoms with Gasteiger partial charge in [0.15, 0.2) is 0 Å². The fourth-order valence-electron chi connectivity index (χ4n) is 6.46. The number of piperazine rings is 1. The van der Waals surface area contributed by atoms with Crippen molar-refractivity contribution in [3.8, 4) is 11.1 Å². The van der Waals surface area contributed by atoms with Crippen molar-refractivity contribution in [1.29, 1.82) is 0 Å². The van der Waals surface area contributed by atoms with Crippen LogP contribution in [0.15, 0.2) is 55.0 Å². The second kappa shape index (κ2) is 9.75. The Labute approximate surface area is 233 Å². The van der Waals surface area contributed by atoms with Gasteiger partial charge in [-0.2, -0.15) is 0 Å². The van der Waals surface area contributed by atoms with Gasteiger partial charge in [-0.3, -0.25) is 9.59 Å². The predicted molar refractivity (Wildman–Crippen MR) is 156 cm³/mol. The maximum atomic E-state index is 13.2. The van der Waals surface area contributed by atoms with E-state index in [0.717, 1.165) is 85.3 Å². The van der Waals surface area contributed by atoms with Crippen molar-refractivity contribution < 1.29 is 9.59 Å². The molecule has 9 heteroatoms. The van der Waals surface area contributed by atoms with Crippen LogP contribution in [0, 0.1) is 0 Å². The molecule has 3 aromatic heterocycles. The van der Waals surface area contributed by atoms with Crippen LogP contribution in [0.25, 0.3) is 22.2 Å². The standard InChI is InChI=1S/C31H33N7O2/c1-37-11-13-38(14-12-37)27-8-6-22(18-32-27)35-29(39)21-15-24-25(19-34-28(24)33-17-21)20-5-7-23-26(16-20)31(36-30(23)40)9-3-2-4-10-31/h5-8,15-19H,2-4,9-14H2,1H3,(H,33,34)(H,35,39)(H,36,40). The molecule has 1 saturated heterocycles. The number of aromatic nitrogens is 3. The molecular formula is C31H33N7O2. The topological polar surface area (TPSA) is 106 Å². The van der Waals surface area contributed by atoms with Crippen molar-refractivity contribution in [3.05, 3.63) is 71.7 Å². The van der Waals surface area contributed by atoms with E-state index < -0.39 is 0 Å². The zero-order chi connectivity index (χ0) is 27.3. The molecule has 0 radical (unpaired) electrons. The van der Waals surface area contributed by atoms with Crippen molar-refractivity contribution in [2.45, 2.75) is 37.6 Å². The van der Waals surface area contributed by atoms with E-state index in [1.165, 1.54) is 6.42 Å². The molecule has 0 bridgehead atoms. The van der Waals surface area contributed by atoms with Gasteiger partial charge in [0.1, 0.15) is 11.5 Å². The highest BCUT2D eigenvalue weighted by molar-refractivity contribution is 6.07. The largest absolute Gasteiger partial charge is 0.354 e. The van der Waals surface area contributed by atoms with Gasteiger partial charge in [0.2, 0.25) is 0 Å². The number of hydrogen-bond donors (Lipinski definition) is 3. The monoisotopic (exact) mass is 535 g/mol. The van der Waals surface area contributed by atoms with Crippen LogP contribution in [0.4, 0.5) is 11.5 Å². The number of pyridine rings is 2. The highest BCUT2D eigenvalue weighted by Crippen LogP contribution is 2.44. The predicted octanol–water partition coefficient (Wildman–Crippen LogP) is 4.53. The maximum absolute atomic E-state index is 13.2. The number of fused-ring (bicyclic) bond motifs is 3. The Morgan fingerprint density at radius 3 is 2.55 bits per heavy atom. The molecule has 0 atom stereocenters. The quantitative estimate of drug-likeness (QED) is 0.355. The fraction of sp³-hybridized carbons (Fsp3) is 0.355. The molecule has 4 aromatic rings. The maximum Gasteiger partial charge on any atom is 0.257 e. The van der Waals surface area contributed by atoms with E-state index in [0.29, 0.717) is 16.9 Å². The highest BCUT2D eigenvalue weighted by Gasteiger charge is 2.43. The molecule has 3 N–H and O–H groups in total. The molecule has 5 heterocycles. The number of likely N-dealkylation sites (N-methyl/N-ethyl adjacent to an activating group) is 1. The first kappa shape index (κ1) is 24.8. The minimum atomic E-state index is -0.260. The van der Waals surface area contributed by atoms with E-state index >= 15 is 0 Å². The van der Waals surface area contributed by atoms with Crippen molar-refractivity contribution >= 4 is 34.4 Å². The van der Waals surface area contributed by atoms with Crippen LogP contribution >= 0.6 is 0 Å². The van der Waals surface area contributed by atoms with E-state index in [2.05, 4.69) is 48.5 Å². The molecule has 2 aliphatic heterocycles. The van der Waals surface area contributed by atoms with Crippen LogP contribution in [-0.4, -0.2) is 64.9 Å². The zero-order valence-corrected chi connectivity index (χ0v) is 22.7. The van der Waals surface area contributed by atoms with E-state index in [1.54, 1.807) is 12.4 Å². The molecule has 40 heavy (non-hydrogen) atoms. The second-order valence-corrected chi connectivity index (χ2v) is 11.3. The molecule has 1 spiro atoms. The lowest BCUT2D eigenvalue weighted by Crippen LogP contribution is -2.44. The third kappa shape index (κ3) is 4.30. The van der Waals surface area contributed by atoms with Gasteiger partial charge in [0.05, 0.1) is 23.0 Å². The van der Waals surface area contributed by atoms with Gasteiger partial charge >= 0.3 is 0 Å². The van der Waals surface area contributed by atoms with E-state index in [9.17, 15) is 9.59 Å². The van der Waals surface area contributed by atoms with E-state index in [1.807, 2.05) is 36.5 Å². The summed E-state index contributed by atoms with van der Waals surface area (Å²) in [6.07, 6.45) is 10.6. The summed E-state index contributed by atoms with van der Waals surface area (Å²) in [7, 11) is 2.13. The number of carbonyl (C=O) groups is 2. The first-order valence-corrected chi connectivity index (χ1v) is 14.1. The first-order chi connectivity index (χ1) is 19.5. The summed E-state index contributed by atoms with van der Waals surface area (Å²) in [6.45, 7) is 3.91. The van der Waals surface area contributed by atoms with Crippen molar-refractivity contribution in [2.75, 3.05) is 43.4 Å². The summed E-state index contributed by atoms with van der Waals surface area (Å²) in [4.78, 5) is 42.9. The molecule has 1 saturated carbocycles. The first-order valence-electron chi connectivity index (χ1n) is 14.1. The summed E-state index contributed by atoms with van der Waals surface area (Å²) >= 11 is 0. The van der Waals surface area contributed by atoms with Gasteiger partial charge in [-0.25, -0.2) is 9.97 Å². The summed E-state index contributed by atoms with van der Waals surface area (Å²) in [5, 5.41) is 7.13. The molecular weight excluding hydrogens is 502 g/mol. The van der Waals surface area contributed by atoms with Crippen LogP contribution in [-0.2, 0) is 5.54 Å². The Morgan fingerprint density at radius 1 is 0.950 bits per heavy atom. The Hall–Kier alpha value is -4.24. The number of amides is 2. The molecule has 1 aromatic carbocycles. The average molecular weight is 536 g/mol. The van der Waals surface area contributed by atoms with Crippen LogP contribution in [0.3, 0.4) is 0 Å². The molecule has 7 rings (SSSR count). The third-order valence-electron chi connectivity index (χ3n) is 8.78. The van der Waals surface area contributed by atoms with Gasteiger partial charge in [0, 0.05) is 55.1 Å². The van der Waals surface area contributed by atoms with Crippen LogP contribution in [0.2, 0.25) is 0 Å². The highest BCUT2D eigenvalue weighted by atomic mass is 16.2. The molecule has 2 amide bonds. The number of carbonyl (C=O) groups excluding carboxylic acids is 2. The molecule has 204 valence electrons. The van der Waals surface area contributed by atoms with Crippen molar-refractivity contribution in [3.63, 3.8) is 0 Å². The third-order valence-corrected chi connectivity index (χ3v) is 8.78. The minimum Gasteiger partial charge on any atom is -0.354 e. The van der Waals surface area contributed by atoms with Gasteiger partial charge in [-0.15, -0.1) is 0 Å². The van der Waals surface area contributed by atoms with E-state index in [4.69, 9.17) is 0 Å². The lowest BCUT2D eigenvalue weighted by Gasteiger charge is -2.34. The Kier molecular flexibility index (Phi) is 6.04. The van der Waals surface area contributed by atoms with Gasteiger partial charge in [-0.1, -0.05) is 25.3 Å². The van der Waals surface area contributed by atoms with Crippen LogP contribution in [0.5, 0.6) is 0 Å². The number of aromatic amines is 1. The van der Waals surface area contributed by atoms with Crippen molar-refractivity contribution in [2.24, 2.45) is 0 Å². The van der Waals surface area contributed by atoms with Gasteiger partial charge in [-0.05, 0) is 61.3 Å².